The Kier molecular flexibility index (Phi) is 4.94. The molecule has 1 aromatic carbocycles. The van der Waals surface area contributed by atoms with Gasteiger partial charge < -0.3 is 5.11 Å². The molecular weight excluding hydrogens is 259 g/mol. The smallest absolute Gasteiger partial charge is 0.401 e. The van der Waals surface area contributed by atoms with Gasteiger partial charge in [0.25, 0.3) is 0 Å². The Morgan fingerprint density at radius 2 is 1.95 bits per heavy atom. The van der Waals surface area contributed by atoms with Crippen LogP contribution in [-0.2, 0) is 11.3 Å². The number of carboxylic acid groups (broad SMARTS) is 1. The van der Waals surface area contributed by atoms with Crippen molar-refractivity contribution in [2.24, 2.45) is 0 Å². The number of hydrogen-bond donors (Lipinski definition) is 1. The number of hydrogen-bond acceptors (Lipinski definition) is 2. The molecule has 0 aliphatic rings. The minimum Gasteiger partial charge on any atom is -0.480 e. The van der Waals surface area contributed by atoms with Gasteiger partial charge in [-0.15, -0.1) is 0 Å². The van der Waals surface area contributed by atoms with E-state index in [9.17, 15) is 18.0 Å². The zero-order valence-electron chi connectivity index (χ0n) is 10.8. The molecule has 1 N–H and O–H groups in total. The lowest BCUT2D eigenvalue weighted by atomic mass is 10.1. The first-order chi connectivity index (χ1) is 8.67. The van der Waals surface area contributed by atoms with E-state index in [0.717, 1.165) is 16.0 Å². The van der Waals surface area contributed by atoms with Gasteiger partial charge in [-0.05, 0) is 25.0 Å². The number of nitrogens with zero attached hydrogens (tertiary/aromatic N) is 1. The van der Waals surface area contributed by atoms with Crippen molar-refractivity contribution in [3.8, 4) is 0 Å². The van der Waals surface area contributed by atoms with Crippen LogP contribution in [-0.4, -0.2) is 35.2 Å². The second-order valence-electron chi connectivity index (χ2n) is 4.58. The van der Waals surface area contributed by atoms with Crippen LogP contribution < -0.4 is 0 Å². The standard InChI is InChI=1S/C13H16F3NO2/c1-9-3-4-10(2)11(5-9)6-17(7-12(18)19)8-13(14,15)16/h3-5H,6-8H2,1-2H3,(H,18,19). The van der Waals surface area contributed by atoms with Gasteiger partial charge in [0.15, 0.2) is 0 Å². The van der Waals surface area contributed by atoms with Crippen molar-refractivity contribution < 1.29 is 23.1 Å². The molecule has 0 aliphatic carbocycles. The summed E-state index contributed by atoms with van der Waals surface area (Å²) in [6.07, 6.45) is -4.41. The molecule has 0 radical (unpaired) electrons. The second-order valence-corrected chi connectivity index (χ2v) is 4.58. The van der Waals surface area contributed by atoms with E-state index in [1.54, 1.807) is 13.0 Å². The van der Waals surface area contributed by atoms with Crippen molar-refractivity contribution in [2.45, 2.75) is 26.6 Å². The molecule has 0 bridgehead atoms. The van der Waals surface area contributed by atoms with Crippen molar-refractivity contribution in [1.29, 1.82) is 0 Å². The van der Waals surface area contributed by atoms with Gasteiger partial charge in [0.2, 0.25) is 0 Å². The SMILES string of the molecule is Cc1ccc(C)c(CN(CC(=O)O)CC(F)(F)F)c1. The number of carboxylic acids is 1. The number of alkyl halides is 3. The Bertz CT molecular complexity index is 458. The summed E-state index contributed by atoms with van der Waals surface area (Å²) < 4.78 is 37.2. The van der Waals surface area contributed by atoms with Crippen molar-refractivity contribution in [3.05, 3.63) is 34.9 Å². The molecule has 0 aromatic heterocycles. The number of halogens is 3. The summed E-state index contributed by atoms with van der Waals surface area (Å²) in [6.45, 7) is 1.74. The highest BCUT2D eigenvalue weighted by molar-refractivity contribution is 5.69. The molecule has 0 saturated heterocycles. The zero-order chi connectivity index (χ0) is 14.6. The fourth-order valence-electron chi connectivity index (χ4n) is 1.82. The third-order valence-corrected chi connectivity index (χ3v) is 2.66. The highest BCUT2D eigenvalue weighted by Crippen LogP contribution is 2.19. The number of rotatable bonds is 5. The Hall–Kier alpha value is -1.56. The quantitative estimate of drug-likeness (QED) is 0.898. The molecule has 1 rings (SSSR count). The molecule has 0 saturated carbocycles. The van der Waals surface area contributed by atoms with Gasteiger partial charge in [-0.25, -0.2) is 0 Å². The van der Waals surface area contributed by atoms with E-state index in [1.807, 2.05) is 19.1 Å². The predicted octanol–water partition coefficient (Wildman–Crippen LogP) is 2.75. The Labute approximate surface area is 109 Å². The Balaban J connectivity index is 2.87. The second kappa shape index (κ2) is 6.06. The average molecular weight is 275 g/mol. The summed E-state index contributed by atoms with van der Waals surface area (Å²) in [6, 6.07) is 5.46. The van der Waals surface area contributed by atoms with E-state index in [4.69, 9.17) is 5.11 Å². The fraction of sp³-hybridized carbons (Fsp3) is 0.462. The molecule has 0 spiro atoms. The largest absolute Gasteiger partial charge is 0.480 e. The minimum absolute atomic E-state index is 0.0284. The van der Waals surface area contributed by atoms with Crippen LogP contribution in [0.4, 0.5) is 13.2 Å². The monoisotopic (exact) mass is 275 g/mol. The first-order valence-corrected chi connectivity index (χ1v) is 5.74. The highest BCUT2D eigenvalue weighted by atomic mass is 19.4. The summed E-state index contributed by atoms with van der Waals surface area (Å²) in [5.74, 6) is -1.27. The molecule has 0 amide bonds. The molecule has 6 heteroatoms. The zero-order valence-corrected chi connectivity index (χ0v) is 10.8. The van der Waals surface area contributed by atoms with Gasteiger partial charge in [0.05, 0.1) is 13.1 Å². The van der Waals surface area contributed by atoms with Crippen molar-refractivity contribution in [3.63, 3.8) is 0 Å². The van der Waals surface area contributed by atoms with Crippen LogP contribution in [0.2, 0.25) is 0 Å². The van der Waals surface area contributed by atoms with E-state index in [1.165, 1.54) is 0 Å². The van der Waals surface area contributed by atoms with Crippen LogP contribution in [0.5, 0.6) is 0 Å². The topological polar surface area (TPSA) is 40.5 Å². The normalized spacial score (nSPS) is 11.9. The number of carbonyl (C=O) groups is 1. The summed E-state index contributed by atoms with van der Waals surface area (Å²) in [4.78, 5) is 11.5. The third kappa shape index (κ3) is 5.74. The van der Waals surface area contributed by atoms with Crippen LogP contribution in [0.25, 0.3) is 0 Å². The summed E-state index contributed by atoms with van der Waals surface area (Å²) >= 11 is 0. The summed E-state index contributed by atoms with van der Waals surface area (Å²) in [5, 5.41) is 8.67. The molecule has 3 nitrogen and oxygen atoms in total. The van der Waals surface area contributed by atoms with Gasteiger partial charge in [0, 0.05) is 6.54 Å². The van der Waals surface area contributed by atoms with Gasteiger partial charge >= 0.3 is 12.1 Å². The molecular formula is C13H16F3NO2. The lowest BCUT2D eigenvalue weighted by Crippen LogP contribution is -2.37. The van der Waals surface area contributed by atoms with Crippen molar-refractivity contribution >= 4 is 5.97 Å². The average Bonchev–Trinajstić information content (AvgIpc) is 2.20. The summed E-state index contributed by atoms with van der Waals surface area (Å²) in [5.41, 5.74) is 2.50. The van der Waals surface area contributed by atoms with Crippen LogP contribution >= 0.6 is 0 Å². The maximum atomic E-state index is 12.4. The molecule has 0 atom stereocenters. The highest BCUT2D eigenvalue weighted by Gasteiger charge is 2.31. The van der Waals surface area contributed by atoms with E-state index in [-0.39, 0.29) is 6.54 Å². The molecule has 0 aliphatic heterocycles. The van der Waals surface area contributed by atoms with Gasteiger partial charge in [-0.3, -0.25) is 9.69 Å². The van der Waals surface area contributed by atoms with Gasteiger partial charge in [0.1, 0.15) is 0 Å². The van der Waals surface area contributed by atoms with E-state index in [0.29, 0.717) is 5.56 Å². The Morgan fingerprint density at radius 3 is 2.47 bits per heavy atom. The first-order valence-electron chi connectivity index (χ1n) is 5.74. The molecule has 0 unspecified atom stereocenters. The predicted molar refractivity (Wildman–Crippen MR) is 64.9 cm³/mol. The fourth-order valence-corrected chi connectivity index (χ4v) is 1.82. The van der Waals surface area contributed by atoms with Crippen LogP contribution in [0.15, 0.2) is 18.2 Å². The Morgan fingerprint density at radius 1 is 1.32 bits per heavy atom. The van der Waals surface area contributed by atoms with E-state index < -0.39 is 25.2 Å². The van der Waals surface area contributed by atoms with Gasteiger partial charge in [-0.1, -0.05) is 23.8 Å². The maximum absolute atomic E-state index is 12.4. The lowest BCUT2D eigenvalue weighted by Gasteiger charge is -2.22. The molecule has 0 fully saturated rings. The van der Waals surface area contributed by atoms with E-state index >= 15 is 0 Å². The summed E-state index contributed by atoms with van der Waals surface area (Å²) in [7, 11) is 0. The van der Waals surface area contributed by atoms with Crippen molar-refractivity contribution in [1.82, 2.24) is 4.90 Å². The number of aryl methyl sites for hydroxylation is 2. The van der Waals surface area contributed by atoms with Crippen LogP contribution in [0.1, 0.15) is 16.7 Å². The molecule has 1 aromatic rings. The van der Waals surface area contributed by atoms with Crippen molar-refractivity contribution in [2.75, 3.05) is 13.1 Å². The lowest BCUT2D eigenvalue weighted by molar-refractivity contribution is -0.154. The number of benzene rings is 1. The third-order valence-electron chi connectivity index (χ3n) is 2.66. The number of aliphatic carboxylic acids is 1. The molecule has 19 heavy (non-hydrogen) atoms. The minimum atomic E-state index is -4.41. The maximum Gasteiger partial charge on any atom is 0.401 e. The first kappa shape index (κ1) is 15.5. The van der Waals surface area contributed by atoms with Gasteiger partial charge in [-0.2, -0.15) is 13.2 Å². The van der Waals surface area contributed by atoms with Crippen LogP contribution in [0.3, 0.4) is 0 Å². The molecule has 0 heterocycles. The van der Waals surface area contributed by atoms with Crippen LogP contribution in [0, 0.1) is 13.8 Å². The molecule has 106 valence electrons. The van der Waals surface area contributed by atoms with E-state index in [2.05, 4.69) is 0 Å².